The van der Waals surface area contributed by atoms with Gasteiger partial charge in [0.05, 0.1) is 5.60 Å². The van der Waals surface area contributed by atoms with Crippen molar-refractivity contribution in [2.24, 2.45) is 0 Å². The highest BCUT2D eigenvalue weighted by Gasteiger charge is 2.31. The van der Waals surface area contributed by atoms with Crippen LogP contribution >= 0.6 is 11.6 Å². The van der Waals surface area contributed by atoms with Gasteiger partial charge in [0.15, 0.2) is 0 Å². The molecule has 0 radical (unpaired) electrons. The van der Waals surface area contributed by atoms with Crippen molar-refractivity contribution in [3.63, 3.8) is 0 Å². The van der Waals surface area contributed by atoms with Gasteiger partial charge in [-0.1, -0.05) is 12.8 Å². The average molecular weight is 298 g/mol. The summed E-state index contributed by atoms with van der Waals surface area (Å²) in [6.45, 7) is 2.39. The van der Waals surface area contributed by atoms with E-state index < -0.39 is 5.60 Å². The Morgan fingerprint density at radius 2 is 1.80 bits per heavy atom. The second kappa shape index (κ2) is 5.69. The maximum atomic E-state index is 10.3. The van der Waals surface area contributed by atoms with Crippen LogP contribution in [-0.2, 0) is 0 Å². The van der Waals surface area contributed by atoms with Gasteiger partial charge in [0.1, 0.15) is 0 Å². The van der Waals surface area contributed by atoms with Gasteiger partial charge in [0.25, 0.3) is 0 Å². The quantitative estimate of drug-likeness (QED) is 0.883. The third-order valence-corrected chi connectivity index (χ3v) is 4.26. The number of aliphatic hydroxyl groups is 1. The summed E-state index contributed by atoms with van der Waals surface area (Å²) in [5.41, 5.74) is -0.632. The van der Waals surface area contributed by atoms with E-state index >= 15 is 0 Å². The summed E-state index contributed by atoms with van der Waals surface area (Å²) in [5.74, 6) is 1.08. The average Bonchev–Trinajstić information content (AvgIpc) is 3.08. The summed E-state index contributed by atoms with van der Waals surface area (Å²) >= 11 is 5.97. The molecular formula is C13H20ClN5O. The Hall–Kier alpha value is -1.14. The zero-order valence-electron chi connectivity index (χ0n) is 11.5. The molecule has 3 rings (SSSR count). The molecule has 2 fully saturated rings. The lowest BCUT2D eigenvalue weighted by atomic mass is 10.0. The van der Waals surface area contributed by atoms with Gasteiger partial charge in [0, 0.05) is 19.6 Å². The largest absolute Gasteiger partial charge is 0.388 e. The smallest absolute Gasteiger partial charge is 0.231 e. The van der Waals surface area contributed by atoms with Gasteiger partial charge in [-0.2, -0.15) is 15.0 Å². The molecule has 1 aromatic heterocycles. The van der Waals surface area contributed by atoms with E-state index in [4.69, 9.17) is 11.6 Å². The number of nitrogens with zero attached hydrogens (tertiary/aromatic N) is 4. The van der Waals surface area contributed by atoms with Crippen LogP contribution in [0.15, 0.2) is 0 Å². The van der Waals surface area contributed by atoms with E-state index in [0.29, 0.717) is 18.4 Å². The fraction of sp³-hybridized carbons (Fsp3) is 0.769. The molecule has 6 nitrogen and oxygen atoms in total. The highest BCUT2D eigenvalue weighted by Crippen LogP contribution is 2.29. The minimum atomic E-state index is -0.632. The Bertz CT molecular complexity index is 472. The SMILES string of the molecule is OC1(CNc2nc(Cl)nc(N3CCCC3)n2)CCCC1. The fourth-order valence-electron chi connectivity index (χ4n) is 2.93. The van der Waals surface area contributed by atoms with Gasteiger partial charge < -0.3 is 15.3 Å². The van der Waals surface area contributed by atoms with Crippen molar-refractivity contribution >= 4 is 23.5 Å². The summed E-state index contributed by atoms with van der Waals surface area (Å²) < 4.78 is 0. The van der Waals surface area contributed by atoms with Gasteiger partial charge in [-0.3, -0.25) is 0 Å². The van der Waals surface area contributed by atoms with Crippen molar-refractivity contribution in [1.82, 2.24) is 15.0 Å². The molecule has 2 heterocycles. The lowest BCUT2D eigenvalue weighted by Gasteiger charge is -2.22. The molecule has 0 bridgehead atoms. The lowest BCUT2D eigenvalue weighted by molar-refractivity contribution is 0.0613. The van der Waals surface area contributed by atoms with E-state index in [1.807, 2.05) is 0 Å². The van der Waals surface area contributed by atoms with Crippen molar-refractivity contribution in [2.75, 3.05) is 29.9 Å². The minimum Gasteiger partial charge on any atom is -0.388 e. The Balaban J connectivity index is 1.69. The van der Waals surface area contributed by atoms with Crippen LogP contribution in [0.3, 0.4) is 0 Å². The van der Waals surface area contributed by atoms with Gasteiger partial charge in [0.2, 0.25) is 17.2 Å². The third kappa shape index (κ3) is 3.12. The molecule has 1 saturated carbocycles. The van der Waals surface area contributed by atoms with Gasteiger partial charge in [-0.25, -0.2) is 0 Å². The molecule has 1 saturated heterocycles. The van der Waals surface area contributed by atoms with Crippen LogP contribution in [0.4, 0.5) is 11.9 Å². The maximum absolute atomic E-state index is 10.3. The van der Waals surface area contributed by atoms with Crippen LogP contribution in [0.5, 0.6) is 0 Å². The first kappa shape index (κ1) is 13.8. The van der Waals surface area contributed by atoms with Gasteiger partial charge in [-0.05, 0) is 37.3 Å². The molecule has 0 atom stereocenters. The first-order chi connectivity index (χ1) is 9.65. The summed E-state index contributed by atoms with van der Waals surface area (Å²) in [6.07, 6.45) is 6.14. The molecule has 2 N–H and O–H groups in total. The third-order valence-electron chi connectivity index (χ3n) is 4.10. The first-order valence-electron chi connectivity index (χ1n) is 7.27. The second-order valence-electron chi connectivity index (χ2n) is 5.71. The maximum Gasteiger partial charge on any atom is 0.231 e. The molecule has 110 valence electrons. The molecule has 1 aromatic rings. The van der Waals surface area contributed by atoms with E-state index in [-0.39, 0.29) is 5.28 Å². The fourth-order valence-corrected chi connectivity index (χ4v) is 3.09. The topological polar surface area (TPSA) is 74.2 Å². The van der Waals surface area contributed by atoms with Crippen LogP contribution in [0, 0.1) is 0 Å². The molecule has 0 spiro atoms. The summed E-state index contributed by atoms with van der Waals surface area (Å²) in [6, 6.07) is 0. The Kier molecular flexibility index (Phi) is 3.94. The van der Waals surface area contributed by atoms with Crippen molar-refractivity contribution in [2.45, 2.75) is 44.1 Å². The second-order valence-corrected chi connectivity index (χ2v) is 6.05. The molecule has 7 heteroatoms. The Morgan fingerprint density at radius 1 is 1.10 bits per heavy atom. The van der Waals surface area contributed by atoms with E-state index in [9.17, 15) is 5.11 Å². The normalized spacial score (nSPS) is 21.4. The Morgan fingerprint density at radius 3 is 2.50 bits per heavy atom. The highest BCUT2D eigenvalue weighted by atomic mass is 35.5. The number of halogens is 1. The number of rotatable bonds is 4. The van der Waals surface area contributed by atoms with Crippen LogP contribution in [-0.4, -0.2) is 45.3 Å². The number of hydrogen-bond acceptors (Lipinski definition) is 6. The van der Waals surface area contributed by atoms with Gasteiger partial charge >= 0.3 is 0 Å². The lowest BCUT2D eigenvalue weighted by Crippen LogP contribution is -2.34. The summed E-state index contributed by atoms with van der Waals surface area (Å²) in [7, 11) is 0. The monoisotopic (exact) mass is 297 g/mol. The molecular weight excluding hydrogens is 278 g/mol. The zero-order valence-corrected chi connectivity index (χ0v) is 12.2. The van der Waals surface area contributed by atoms with Crippen molar-refractivity contribution in [3.8, 4) is 0 Å². The van der Waals surface area contributed by atoms with E-state index in [1.54, 1.807) is 0 Å². The van der Waals surface area contributed by atoms with Crippen molar-refractivity contribution in [1.29, 1.82) is 0 Å². The predicted octanol–water partition coefficient (Wildman–Crippen LogP) is 1.84. The van der Waals surface area contributed by atoms with Crippen molar-refractivity contribution in [3.05, 3.63) is 5.28 Å². The molecule has 2 aliphatic rings. The van der Waals surface area contributed by atoms with E-state index in [0.717, 1.165) is 51.6 Å². The summed E-state index contributed by atoms with van der Waals surface area (Å²) in [4.78, 5) is 14.8. The minimum absolute atomic E-state index is 0.197. The highest BCUT2D eigenvalue weighted by molar-refractivity contribution is 6.28. The molecule has 20 heavy (non-hydrogen) atoms. The van der Waals surface area contributed by atoms with Crippen LogP contribution in [0.2, 0.25) is 5.28 Å². The molecule has 1 aliphatic heterocycles. The number of hydrogen-bond donors (Lipinski definition) is 2. The summed E-state index contributed by atoms with van der Waals surface area (Å²) in [5, 5.41) is 13.6. The number of nitrogens with one attached hydrogen (secondary N) is 1. The molecule has 0 amide bonds. The number of anilines is 2. The van der Waals surface area contributed by atoms with E-state index in [1.165, 1.54) is 0 Å². The van der Waals surface area contributed by atoms with Crippen LogP contribution < -0.4 is 10.2 Å². The first-order valence-corrected chi connectivity index (χ1v) is 7.65. The molecule has 0 aromatic carbocycles. The standard InChI is InChI=1S/C13H20ClN5O/c14-10-16-11(15-9-13(20)5-1-2-6-13)18-12(17-10)19-7-3-4-8-19/h20H,1-9H2,(H,15,16,17,18). The Labute approximate surface area is 123 Å². The zero-order chi connectivity index (χ0) is 14.0. The van der Waals surface area contributed by atoms with Crippen LogP contribution in [0.25, 0.3) is 0 Å². The van der Waals surface area contributed by atoms with Crippen LogP contribution in [0.1, 0.15) is 38.5 Å². The molecule has 1 aliphatic carbocycles. The van der Waals surface area contributed by atoms with Gasteiger partial charge in [-0.15, -0.1) is 0 Å². The van der Waals surface area contributed by atoms with E-state index in [2.05, 4.69) is 25.2 Å². The van der Waals surface area contributed by atoms with Crippen molar-refractivity contribution < 1.29 is 5.11 Å². The predicted molar refractivity (Wildman–Crippen MR) is 78.2 cm³/mol. The number of aromatic nitrogens is 3. The molecule has 0 unspecified atom stereocenters.